The minimum absolute atomic E-state index is 0.0448. The summed E-state index contributed by atoms with van der Waals surface area (Å²) in [6.07, 6.45) is -6.03. The number of benzene rings is 3. The van der Waals surface area contributed by atoms with Crippen LogP contribution in [0.25, 0.3) is 10.9 Å². The average molecular weight is 566 g/mol. The number of aliphatic carboxylic acids is 1. The molecule has 0 aliphatic rings. The van der Waals surface area contributed by atoms with E-state index in [4.69, 9.17) is 33.0 Å². The SMILES string of the molecule is Cc1c(C(=O)c2ccc(Cl)cc2)c2ccc(OC(F)(F)F)cc2n1Cc1cc(O[C@@H](C)C(=O)O)ccc1Cl. The summed E-state index contributed by atoms with van der Waals surface area (Å²) in [5, 5.41) is 10.3. The van der Waals surface area contributed by atoms with E-state index in [-0.39, 0.29) is 18.1 Å². The van der Waals surface area contributed by atoms with Gasteiger partial charge in [-0.25, -0.2) is 4.79 Å². The minimum atomic E-state index is -4.90. The van der Waals surface area contributed by atoms with Crippen LogP contribution in [0.4, 0.5) is 13.2 Å². The van der Waals surface area contributed by atoms with Crippen molar-refractivity contribution in [2.45, 2.75) is 32.9 Å². The van der Waals surface area contributed by atoms with Crippen molar-refractivity contribution in [3.63, 3.8) is 0 Å². The van der Waals surface area contributed by atoms with E-state index >= 15 is 0 Å². The zero-order valence-electron chi connectivity index (χ0n) is 20.0. The molecule has 0 saturated carbocycles. The number of carbonyl (C=O) groups is 2. The average Bonchev–Trinajstić information content (AvgIpc) is 3.10. The zero-order chi connectivity index (χ0) is 27.8. The van der Waals surface area contributed by atoms with Gasteiger partial charge in [-0.1, -0.05) is 23.2 Å². The van der Waals surface area contributed by atoms with E-state index < -0.39 is 24.2 Å². The highest BCUT2D eigenvalue weighted by molar-refractivity contribution is 6.31. The molecule has 0 bridgehead atoms. The number of fused-ring (bicyclic) bond motifs is 1. The van der Waals surface area contributed by atoms with Crippen molar-refractivity contribution in [3.05, 3.63) is 93.1 Å². The van der Waals surface area contributed by atoms with Crippen molar-refractivity contribution in [1.82, 2.24) is 4.57 Å². The predicted molar refractivity (Wildman–Crippen MR) is 137 cm³/mol. The Hall–Kier alpha value is -3.69. The predicted octanol–water partition coefficient (Wildman–Crippen LogP) is 7.29. The van der Waals surface area contributed by atoms with E-state index in [0.29, 0.717) is 43.3 Å². The van der Waals surface area contributed by atoms with E-state index in [1.807, 2.05) is 0 Å². The summed E-state index contributed by atoms with van der Waals surface area (Å²) in [5.41, 5.74) is 1.93. The van der Waals surface area contributed by atoms with Crippen LogP contribution in [0.3, 0.4) is 0 Å². The molecule has 4 aromatic rings. The number of aromatic nitrogens is 1. The number of carbonyl (C=O) groups excluding carboxylic acids is 1. The molecule has 1 N–H and O–H groups in total. The van der Waals surface area contributed by atoms with Crippen LogP contribution in [0.2, 0.25) is 10.0 Å². The summed E-state index contributed by atoms with van der Waals surface area (Å²) in [5.74, 6) is -1.71. The topological polar surface area (TPSA) is 77.8 Å². The molecule has 0 spiro atoms. The first-order chi connectivity index (χ1) is 17.8. The Labute approximate surface area is 225 Å². The van der Waals surface area contributed by atoms with Gasteiger partial charge < -0.3 is 19.1 Å². The third kappa shape index (κ3) is 5.89. The number of rotatable bonds is 8. The van der Waals surface area contributed by atoms with Gasteiger partial charge in [0.2, 0.25) is 0 Å². The Kier molecular flexibility index (Phi) is 7.62. The van der Waals surface area contributed by atoms with Crippen LogP contribution in [-0.4, -0.2) is 33.9 Å². The zero-order valence-corrected chi connectivity index (χ0v) is 21.5. The second kappa shape index (κ2) is 10.6. The Balaban J connectivity index is 1.85. The van der Waals surface area contributed by atoms with Gasteiger partial charge in [0.25, 0.3) is 0 Å². The number of carboxylic acid groups (broad SMARTS) is 1. The molecule has 0 unspecified atom stereocenters. The highest BCUT2D eigenvalue weighted by Gasteiger charge is 2.32. The third-order valence-corrected chi connectivity index (χ3v) is 6.49. The molecule has 0 saturated heterocycles. The molecule has 1 aromatic heterocycles. The first-order valence-electron chi connectivity index (χ1n) is 11.2. The van der Waals surface area contributed by atoms with Gasteiger partial charge in [0, 0.05) is 39.3 Å². The number of halogens is 5. The molecule has 0 aliphatic heterocycles. The molecule has 1 heterocycles. The van der Waals surface area contributed by atoms with Crippen molar-refractivity contribution in [3.8, 4) is 11.5 Å². The van der Waals surface area contributed by atoms with Crippen molar-refractivity contribution >= 4 is 45.9 Å². The van der Waals surface area contributed by atoms with Crippen LogP contribution in [0, 0.1) is 6.92 Å². The smallest absolute Gasteiger partial charge is 0.479 e. The van der Waals surface area contributed by atoms with Crippen LogP contribution in [-0.2, 0) is 11.3 Å². The lowest BCUT2D eigenvalue weighted by Gasteiger charge is -2.15. The fourth-order valence-corrected chi connectivity index (χ4v) is 4.36. The molecular weight excluding hydrogens is 546 g/mol. The molecule has 6 nitrogen and oxygen atoms in total. The van der Waals surface area contributed by atoms with Crippen molar-refractivity contribution < 1.29 is 37.3 Å². The highest BCUT2D eigenvalue weighted by atomic mass is 35.5. The maximum Gasteiger partial charge on any atom is 0.573 e. The molecule has 3 aromatic carbocycles. The number of hydrogen-bond acceptors (Lipinski definition) is 4. The van der Waals surface area contributed by atoms with Crippen LogP contribution in [0.15, 0.2) is 60.7 Å². The lowest BCUT2D eigenvalue weighted by atomic mass is 10.0. The standard InChI is InChI=1S/C27H20Cl2F3NO5/c1-14-24(25(34)16-3-5-18(28)6-4-16)21-9-7-20(38-27(30,31)32)12-23(21)33(14)13-17-11-19(8-10-22(17)29)37-15(2)26(35)36/h3-12,15H,13H2,1-2H3,(H,35,36)/t15-/m0/s1. The van der Waals surface area contributed by atoms with Gasteiger partial charge in [-0.2, -0.15) is 0 Å². The molecule has 38 heavy (non-hydrogen) atoms. The molecule has 4 rings (SSSR count). The number of carboxylic acids is 1. The second-order valence-electron chi connectivity index (χ2n) is 8.46. The Bertz CT molecular complexity index is 1530. The monoisotopic (exact) mass is 565 g/mol. The van der Waals surface area contributed by atoms with Crippen molar-refractivity contribution in [2.75, 3.05) is 0 Å². The van der Waals surface area contributed by atoms with Gasteiger partial charge in [0.1, 0.15) is 11.5 Å². The fraction of sp³-hybridized carbons (Fsp3) is 0.185. The Morgan fingerprint density at radius 3 is 2.29 bits per heavy atom. The normalized spacial score (nSPS) is 12.4. The van der Waals surface area contributed by atoms with Crippen LogP contribution >= 0.6 is 23.2 Å². The van der Waals surface area contributed by atoms with E-state index in [1.165, 1.54) is 31.2 Å². The number of ketones is 1. The molecule has 0 aliphatic carbocycles. The van der Waals surface area contributed by atoms with Crippen molar-refractivity contribution in [1.29, 1.82) is 0 Å². The molecule has 0 amide bonds. The molecule has 0 radical (unpaired) electrons. The fourth-order valence-electron chi connectivity index (χ4n) is 4.06. The van der Waals surface area contributed by atoms with Gasteiger partial charge >= 0.3 is 12.3 Å². The Morgan fingerprint density at radius 2 is 1.66 bits per heavy atom. The lowest BCUT2D eigenvalue weighted by molar-refractivity contribution is -0.274. The third-order valence-electron chi connectivity index (χ3n) is 5.87. The van der Waals surface area contributed by atoms with E-state index in [1.54, 1.807) is 41.8 Å². The molecule has 1 atom stereocenters. The molecule has 198 valence electrons. The van der Waals surface area contributed by atoms with Gasteiger partial charge in [-0.15, -0.1) is 13.2 Å². The molecule has 0 fully saturated rings. The maximum atomic E-state index is 13.5. The second-order valence-corrected chi connectivity index (χ2v) is 9.30. The summed E-state index contributed by atoms with van der Waals surface area (Å²) >= 11 is 12.4. The summed E-state index contributed by atoms with van der Waals surface area (Å²) in [7, 11) is 0. The van der Waals surface area contributed by atoms with Gasteiger partial charge in [-0.05, 0) is 74.0 Å². The first kappa shape index (κ1) is 27.3. The van der Waals surface area contributed by atoms with E-state index in [0.717, 1.165) is 6.07 Å². The number of hydrogen-bond donors (Lipinski definition) is 1. The van der Waals surface area contributed by atoms with E-state index in [2.05, 4.69) is 4.74 Å². The van der Waals surface area contributed by atoms with Gasteiger partial charge in [-0.3, -0.25) is 4.79 Å². The quantitative estimate of drug-likeness (QED) is 0.227. The molecular formula is C27H20Cl2F3NO5. The number of alkyl halides is 3. The van der Waals surface area contributed by atoms with Crippen LogP contribution in [0.1, 0.15) is 34.1 Å². The number of nitrogens with zero attached hydrogens (tertiary/aromatic N) is 1. The Morgan fingerprint density at radius 1 is 1.00 bits per heavy atom. The van der Waals surface area contributed by atoms with Crippen LogP contribution in [0.5, 0.6) is 11.5 Å². The highest BCUT2D eigenvalue weighted by Crippen LogP contribution is 2.35. The van der Waals surface area contributed by atoms with Crippen LogP contribution < -0.4 is 9.47 Å². The minimum Gasteiger partial charge on any atom is -0.479 e. The maximum absolute atomic E-state index is 13.5. The molecule has 11 heteroatoms. The number of ether oxygens (including phenoxy) is 2. The van der Waals surface area contributed by atoms with Gasteiger partial charge in [0.15, 0.2) is 11.9 Å². The van der Waals surface area contributed by atoms with E-state index in [9.17, 15) is 22.8 Å². The van der Waals surface area contributed by atoms with Gasteiger partial charge in [0.05, 0.1) is 11.1 Å². The summed E-state index contributed by atoms with van der Waals surface area (Å²) < 4.78 is 50.0. The lowest BCUT2D eigenvalue weighted by Crippen LogP contribution is -2.22. The summed E-state index contributed by atoms with van der Waals surface area (Å²) in [6.45, 7) is 3.09. The first-order valence-corrected chi connectivity index (χ1v) is 12.0. The largest absolute Gasteiger partial charge is 0.573 e. The van der Waals surface area contributed by atoms with Crippen molar-refractivity contribution in [2.24, 2.45) is 0 Å². The summed E-state index contributed by atoms with van der Waals surface area (Å²) in [6, 6.07) is 14.6. The summed E-state index contributed by atoms with van der Waals surface area (Å²) in [4.78, 5) is 24.7.